The molecule has 1 atom stereocenters. The standard InChI is InChI=1S/C19H24N2O5S/c1-5-25-18-8-6-7-15(13-18)20-19(22)14(2)26-17-11-9-16(10-12-17)21(3)27(4,23)24/h6-14H,5H2,1-4H3,(H,20,22)/t14-/m0/s1. The fourth-order valence-corrected chi connectivity index (χ4v) is 2.76. The van der Waals surface area contributed by atoms with Crippen LogP contribution in [-0.2, 0) is 14.8 Å². The molecule has 0 saturated carbocycles. The predicted molar refractivity (Wildman–Crippen MR) is 106 cm³/mol. The minimum absolute atomic E-state index is 0.305. The summed E-state index contributed by atoms with van der Waals surface area (Å²) >= 11 is 0. The van der Waals surface area contributed by atoms with Crippen LogP contribution in [0.15, 0.2) is 48.5 Å². The third kappa shape index (κ3) is 5.89. The highest BCUT2D eigenvalue weighted by Gasteiger charge is 2.16. The Kier molecular flexibility index (Phi) is 6.68. The van der Waals surface area contributed by atoms with Crippen molar-refractivity contribution in [1.29, 1.82) is 0 Å². The van der Waals surface area contributed by atoms with Gasteiger partial charge in [0.05, 0.1) is 18.6 Å². The third-order valence-corrected chi connectivity index (χ3v) is 5.00. The van der Waals surface area contributed by atoms with Gasteiger partial charge in [-0.1, -0.05) is 6.07 Å². The highest BCUT2D eigenvalue weighted by molar-refractivity contribution is 7.92. The van der Waals surface area contributed by atoms with E-state index in [1.54, 1.807) is 49.4 Å². The summed E-state index contributed by atoms with van der Waals surface area (Å²) in [6.45, 7) is 4.07. The zero-order valence-electron chi connectivity index (χ0n) is 15.8. The fourth-order valence-electron chi connectivity index (χ4n) is 2.26. The van der Waals surface area contributed by atoms with Crippen LogP contribution in [-0.4, -0.2) is 40.3 Å². The molecule has 0 bridgehead atoms. The maximum atomic E-state index is 12.3. The predicted octanol–water partition coefficient (Wildman–Crippen LogP) is 2.89. The number of carbonyl (C=O) groups excluding carboxylic acids is 1. The molecular formula is C19H24N2O5S. The lowest BCUT2D eigenvalue weighted by atomic mass is 10.2. The zero-order chi connectivity index (χ0) is 20.0. The molecule has 2 aromatic rings. The molecule has 1 N–H and O–H groups in total. The first-order valence-electron chi connectivity index (χ1n) is 8.45. The lowest BCUT2D eigenvalue weighted by molar-refractivity contribution is -0.122. The van der Waals surface area contributed by atoms with Crippen LogP contribution in [0.4, 0.5) is 11.4 Å². The SMILES string of the molecule is CCOc1cccc(NC(=O)[C@H](C)Oc2ccc(N(C)S(C)(=O)=O)cc2)c1. The summed E-state index contributed by atoms with van der Waals surface area (Å²) < 4.78 is 35.3. The number of hydrogen-bond acceptors (Lipinski definition) is 5. The topological polar surface area (TPSA) is 84.9 Å². The van der Waals surface area contributed by atoms with Gasteiger partial charge in [-0.05, 0) is 50.2 Å². The summed E-state index contributed by atoms with van der Waals surface area (Å²) in [5.74, 6) is 0.835. The molecule has 1 amide bonds. The van der Waals surface area contributed by atoms with E-state index in [1.165, 1.54) is 7.05 Å². The summed E-state index contributed by atoms with van der Waals surface area (Å²) in [6.07, 6.45) is 0.393. The summed E-state index contributed by atoms with van der Waals surface area (Å²) in [6, 6.07) is 13.6. The van der Waals surface area contributed by atoms with Crippen molar-refractivity contribution < 1.29 is 22.7 Å². The van der Waals surface area contributed by atoms with E-state index >= 15 is 0 Å². The molecule has 0 saturated heterocycles. The molecule has 2 aromatic carbocycles. The maximum absolute atomic E-state index is 12.3. The monoisotopic (exact) mass is 392 g/mol. The Balaban J connectivity index is 1.99. The number of anilines is 2. The van der Waals surface area contributed by atoms with Crippen molar-refractivity contribution in [3.8, 4) is 11.5 Å². The van der Waals surface area contributed by atoms with Crippen LogP contribution in [0.25, 0.3) is 0 Å². The molecule has 27 heavy (non-hydrogen) atoms. The number of benzene rings is 2. The Hall–Kier alpha value is -2.74. The van der Waals surface area contributed by atoms with Crippen molar-refractivity contribution >= 4 is 27.3 Å². The van der Waals surface area contributed by atoms with E-state index < -0.39 is 16.1 Å². The molecule has 0 aromatic heterocycles. The van der Waals surface area contributed by atoms with E-state index in [1.807, 2.05) is 13.0 Å². The van der Waals surface area contributed by atoms with E-state index in [0.717, 1.165) is 10.6 Å². The lowest BCUT2D eigenvalue weighted by Gasteiger charge is -2.18. The number of rotatable bonds is 8. The van der Waals surface area contributed by atoms with Crippen molar-refractivity contribution in [1.82, 2.24) is 0 Å². The van der Waals surface area contributed by atoms with Gasteiger partial charge in [0.1, 0.15) is 11.5 Å². The van der Waals surface area contributed by atoms with Crippen LogP contribution >= 0.6 is 0 Å². The molecule has 0 fully saturated rings. The van der Waals surface area contributed by atoms with E-state index in [9.17, 15) is 13.2 Å². The second kappa shape index (κ2) is 8.77. The number of hydrogen-bond donors (Lipinski definition) is 1. The first-order chi connectivity index (χ1) is 12.7. The molecule has 7 nitrogen and oxygen atoms in total. The summed E-state index contributed by atoms with van der Waals surface area (Å²) in [7, 11) is -1.86. The Morgan fingerprint density at radius 1 is 1.15 bits per heavy atom. The number of carbonyl (C=O) groups is 1. The molecule has 0 aliphatic heterocycles. The van der Waals surface area contributed by atoms with Crippen LogP contribution in [0.1, 0.15) is 13.8 Å². The van der Waals surface area contributed by atoms with E-state index in [4.69, 9.17) is 9.47 Å². The van der Waals surface area contributed by atoms with Crippen molar-refractivity contribution in [2.24, 2.45) is 0 Å². The summed E-state index contributed by atoms with van der Waals surface area (Å²) in [4.78, 5) is 12.3. The summed E-state index contributed by atoms with van der Waals surface area (Å²) in [5, 5.41) is 2.78. The van der Waals surface area contributed by atoms with Crippen LogP contribution in [0.5, 0.6) is 11.5 Å². The van der Waals surface area contributed by atoms with Gasteiger partial charge in [-0.2, -0.15) is 0 Å². The number of nitrogens with one attached hydrogen (secondary N) is 1. The third-order valence-electron chi connectivity index (χ3n) is 3.79. The first kappa shape index (κ1) is 20.6. The molecule has 0 heterocycles. The van der Waals surface area contributed by atoms with Gasteiger partial charge in [0.15, 0.2) is 6.10 Å². The van der Waals surface area contributed by atoms with E-state index in [-0.39, 0.29) is 5.91 Å². The van der Waals surface area contributed by atoms with Crippen molar-refractivity contribution in [2.75, 3.05) is 29.5 Å². The molecule has 0 spiro atoms. The quantitative estimate of drug-likeness (QED) is 0.747. The van der Waals surface area contributed by atoms with Gasteiger partial charge >= 0.3 is 0 Å². The molecule has 0 aliphatic rings. The van der Waals surface area contributed by atoms with Crippen LogP contribution < -0.4 is 19.1 Å². The number of nitrogens with zero attached hydrogens (tertiary/aromatic N) is 1. The largest absolute Gasteiger partial charge is 0.494 e. The van der Waals surface area contributed by atoms with Crippen molar-refractivity contribution in [3.05, 3.63) is 48.5 Å². The zero-order valence-corrected chi connectivity index (χ0v) is 16.6. The molecule has 0 radical (unpaired) electrons. The maximum Gasteiger partial charge on any atom is 0.265 e. The minimum Gasteiger partial charge on any atom is -0.494 e. The van der Waals surface area contributed by atoms with Gasteiger partial charge in [-0.15, -0.1) is 0 Å². The Morgan fingerprint density at radius 2 is 1.81 bits per heavy atom. The number of ether oxygens (including phenoxy) is 2. The summed E-state index contributed by atoms with van der Waals surface area (Å²) in [5.41, 5.74) is 1.13. The Bertz CT molecular complexity index is 881. The average Bonchev–Trinajstić information content (AvgIpc) is 2.61. The fraction of sp³-hybridized carbons (Fsp3) is 0.316. The minimum atomic E-state index is -3.33. The van der Waals surface area contributed by atoms with Crippen LogP contribution in [0, 0.1) is 0 Å². The lowest BCUT2D eigenvalue weighted by Crippen LogP contribution is -2.30. The molecule has 146 valence electrons. The van der Waals surface area contributed by atoms with Gasteiger partial charge in [0.25, 0.3) is 5.91 Å². The van der Waals surface area contributed by atoms with Crippen molar-refractivity contribution in [2.45, 2.75) is 20.0 Å². The molecule has 0 unspecified atom stereocenters. The highest BCUT2D eigenvalue weighted by atomic mass is 32.2. The van der Waals surface area contributed by atoms with E-state index in [2.05, 4.69) is 5.32 Å². The average molecular weight is 392 g/mol. The smallest absolute Gasteiger partial charge is 0.265 e. The Morgan fingerprint density at radius 3 is 2.41 bits per heavy atom. The first-order valence-corrected chi connectivity index (χ1v) is 10.3. The second-order valence-electron chi connectivity index (χ2n) is 5.93. The van der Waals surface area contributed by atoms with E-state index in [0.29, 0.717) is 29.5 Å². The van der Waals surface area contributed by atoms with Gasteiger partial charge in [0.2, 0.25) is 10.0 Å². The molecular weight excluding hydrogens is 368 g/mol. The normalized spacial score (nSPS) is 12.1. The van der Waals surface area contributed by atoms with Crippen LogP contribution in [0.3, 0.4) is 0 Å². The van der Waals surface area contributed by atoms with Gasteiger partial charge in [0, 0.05) is 18.8 Å². The molecule has 2 rings (SSSR count). The van der Waals surface area contributed by atoms with Gasteiger partial charge < -0.3 is 14.8 Å². The van der Waals surface area contributed by atoms with Gasteiger partial charge in [-0.3, -0.25) is 9.10 Å². The molecule has 0 aliphatic carbocycles. The van der Waals surface area contributed by atoms with Crippen molar-refractivity contribution in [3.63, 3.8) is 0 Å². The Labute approximate surface area is 160 Å². The number of amides is 1. The number of sulfonamides is 1. The van der Waals surface area contributed by atoms with Gasteiger partial charge in [-0.25, -0.2) is 8.42 Å². The molecule has 8 heteroatoms. The second-order valence-corrected chi connectivity index (χ2v) is 7.95. The highest BCUT2D eigenvalue weighted by Crippen LogP contribution is 2.22. The van der Waals surface area contributed by atoms with Crippen LogP contribution in [0.2, 0.25) is 0 Å².